The maximum absolute atomic E-state index is 13.6. The Bertz CT molecular complexity index is 853. The number of nitrogens with one attached hydrogen (secondary N) is 2. The summed E-state index contributed by atoms with van der Waals surface area (Å²) >= 11 is 0. The Kier molecular flexibility index (Phi) is 5.22. The zero-order valence-electron chi connectivity index (χ0n) is 16.4. The van der Waals surface area contributed by atoms with Gasteiger partial charge in [0.1, 0.15) is 5.82 Å². The molecule has 2 aromatic heterocycles. The van der Waals surface area contributed by atoms with Gasteiger partial charge in [0.15, 0.2) is 5.69 Å². The molecule has 2 N–H and O–H groups in total. The van der Waals surface area contributed by atoms with Gasteiger partial charge in [-0.1, -0.05) is 0 Å². The minimum Gasteiger partial charge on any atom is -0.334 e. The first kappa shape index (κ1) is 19.5. The quantitative estimate of drug-likeness (QED) is 0.801. The lowest BCUT2D eigenvalue weighted by molar-refractivity contribution is 0.0677. The number of rotatable bonds is 5. The molecule has 2 fully saturated rings. The average molecular weight is 405 g/mol. The molecule has 3 aliphatic rings. The standard InChI is InChI=1S/C20H28N6O.ClH/c1-2-25-11-10-22-17(25)13-26(16-12-20(16)6-8-21-9-7-20)19(27)18-14-4-3-5-15(14)23-24-18;/h10-11,16,21H,2-9,12-13H2,1H3,(H,23,24);1H. The van der Waals surface area contributed by atoms with Crippen LogP contribution in [0.15, 0.2) is 12.4 Å². The Hall–Kier alpha value is -1.86. The molecule has 5 rings (SSSR count). The first-order valence-electron chi connectivity index (χ1n) is 10.3. The van der Waals surface area contributed by atoms with Crippen molar-refractivity contribution in [2.75, 3.05) is 13.1 Å². The van der Waals surface area contributed by atoms with E-state index < -0.39 is 0 Å². The van der Waals surface area contributed by atoms with Crippen molar-refractivity contribution in [1.82, 2.24) is 30.0 Å². The van der Waals surface area contributed by atoms with E-state index in [1.807, 2.05) is 12.4 Å². The number of piperidine rings is 1. The molecule has 1 saturated carbocycles. The van der Waals surface area contributed by atoms with E-state index >= 15 is 0 Å². The van der Waals surface area contributed by atoms with Gasteiger partial charge in [0.2, 0.25) is 0 Å². The Morgan fingerprint density at radius 1 is 1.36 bits per heavy atom. The van der Waals surface area contributed by atoms with Gasteiger partial charge >= 0.3 is 0 Å². The van der Waals surface area contributed by atoms with Gasteiger partial charge in [-0.25, -0.2) is 4.98 Å². The summed E-state index contributed by atoms with van der Waals surface area (Å²) in [5.74, 6) is 1.05. The van der Waals surface area contributed by atoms with Crippen LogP contribution in [0.2, 0.25) is 0 Å². The molecule has 0 aromatic carbocycles. The molecular weight excluding hydrogens is 376 g/mol. The van der Waals surface area contributed by atoms with Crippen molar-refractivity contribution in [2.24, 2.45) is 5.41 Å². The highest BCUT2D eigenvalue weighted by atomic mass is 35.5. The smallest absolute Gasteiger partial charge is 0.275 e. The summed E-state index contributed by atoms with van der Waals surface area (Å²) in [5, 5.41) is 11.0. The highest BCUT2D eigenvalue weighted by Crippen LogP contribution is 2.56. The van der Waals surface area contributed by atoms with Crippen molar-refractivity contribution in [3.8, 4) is 0 Å². The summed E-state index contributed by atoms with van der Waals surface area (Å²) in [6.45, 7) is 5.67. The van der Waals surface area contributed by atoms with Crippen molar-refractivity contribution in [3.05, 3.63) is 35.2 Å². The lowest BCUT2D eigenvalue weighted by Crippen LogP contribution is -2.40. The molecule has 1 unspecified atom stereocenters. The number of fused-ring (bicyclic) bond motifs is 1. The Morgan fingerprint density at radius 2 is 2.18 bits per heavy atom. The number of halogens is 1. The highest BCUT2D eigenvalue weighted by molar-refractivity contribution is 5.94. The molecule has 152 valence electrons. The summed E-state index contributed by atoms with van der Waals surface area (Å²) in [4.78, 5) is 20.2. The Morgan fingerprint density at radius 3 is 2.96 bits per heavy atom. The molecule has 2 aromatic rings. The lowest BCUT2D eigenvalue weighted by atomic mass is 9.93. The van der Waals surface area contributed by atoms with Gasteiger partial charge in [-0.2, -0.15) is 5.10 Å². The van der Waals surface area contributed by atoms with Crippen LogP contribution in [-0.4, -0.2) is 49.7 Å². The number of nitrogens with zero attached hydrogens (tertiary/aromatic N) is 4. The fourth-order valence-corrected chi connectivity index (χ4v) is 5.12. The molecule has 1 aliphatic heterocycles. The zero-order valence-corrected chi connectivity index (χ0v) is 17.2. The number of amides is 1. The second kappa shape index (κ2) is 7.52. The van der Waals surface area contributed by atoms with E-state index in [0.717, 1.165) is 75.2 Å². The van der Waals surface area contributed by atoms with E-state index in [2.05, 4.69) is 36.9 Å². The molecule has 7 nitrogen and oxygen atoms in total. The summed E-state index contributed by atoms with van der Waals surface area (Å²) in [6, 6.07) is 0.308. The number of aryl methyl sites for hydroxylation is 2. The van der Waals surface area contributed by atoms with Crippen molar-refractivity contribution >= 4 is 18.3 Å². The van der Waals surface area contributed by atoms with Gasteiger partial charge in [0.05, 0.1) is 6.54 Å². The lowest BCUT2D eigenvalue weighted by Gasteiger charge is -2.29. The normalized spacial score (nSPS) is 22.0. The SMILES string of the molecule is CCn1ccnc1CN(C(=O)c1n[nH]c2c1CCC2)C1CC12CCNCC2.Cl. The van der Waals surface area contributed by atoms with E-state index in [4.69, 9.17) is 0 Å². The Balaban J connectivity index is 0.00000192. The molecule has 28 heavy (non-hydrogen) atoms. The van der Waals surface area contributed by atoms with Crippen LogP contribution in [0.25, 0.3) is 0 Å². The summed E-state index contributed by atoms with van der Waals surface area (Å²) in [7, 11) is 0. The van der Waals surface area contributed by atoms with Crippen molar-refractivity contribution in [1.29, 1.82) is 0 Å². The maximum atomic E-state index is 13.6. The van der Waals surface area contributed by atoms with Gasteiger partial charge in [-0.15, -0.1) is 12.4 Å². The second-order valence-electron chi connectivity index (χ2n) is 8.28. The average Bonchev–Trinajstić information content (AvgIpc) is 3.13. The van der Waals surface area contributed by atoms with Crippen molar-refractivity contribution in [3.63, 3.8) is 0 Å². The monoisotopic (exact) mass is 404 g/mol. The third-order valence-electron chi connectivity index (χ3n) is 6.85. The first-order valence-corrected chi connectivity index (χ1v) is 10.3. The predicted octanol–water partition coefficient (Wildman–Crippen LogP) is 2.32. The molecule has 1 amide bonds. The van der Waals surface area contributed by atoms with Crippen LogP contribution in [0.1, 0.15) is 60.2 Å². The predicted molar refractivity (Wildman–Crippen MR) is 109 cm³/mol. The Labute approximate surface area is 171 Å². The third-order valence-corrected chi connectivity index (χ3v) is 6.85. The molecule has 3 heterocycles. The number of carbonyl (C=O) groups is 1. The number of aromatic nitrogens is 4. The zero-order chi connectivity index (χ0) is 18.4. The van der Waals surface area contributed by atoms with Crippen molar-refractivity contribution < 1.29 is 4.79 Å². The van der Waals surface area contributed by atoms with Gasteiger partial charge in [-0.3, -0.25) is 9.89 Å². The maximum Gasteiger partial charge on any atom is 0.275 e. The van der Waals surface area contributed by atoms with E-state index in [-0.39, 0.29) is 18.3 Å². The minimum atomic E-state index is 0. The van der Waals surface area contributed by atoms with E-state index in [1.165, 1.54) is 0 Å². The molecule has 0 radical (unpaired) electrons. The van der Waals surface area contributed by atoms with Crippen LogP contribution in [0.5, 0.6) is 0 Å². The van der Waals surface area contributed by atoms with Gasteiger partial charge in [-0.05, 0) is 64.0 Å². The van der Waals surface area contributed by atoms with Crippen LogP contribution in [0.3, 0.4) is 0 Å². The van der Waals surface area contributed by atoms with Gasteiger partial charge in [0.25, 0.3) is 5.91 Å². The van der Waals surface area contributed by atoms with Crippen LogP contribution in [0, 0.1) is 5.41 Å². The molecule has 0 bridgehead atoms. The molecule has 1 atom stereocenters. The number of H-pyrrole nitrogens is 1. The summed E-state index contributed by atoms with van der Waals surface area (Å²) in [5.41, 5.74) is 3.24. The molecule has 8 heteroatoms. The fraction of sp³-hybridized carbons (Fsp3) is 0.650. The number of imidazole rings is 1. The molecular formula is C20H29ClN6O. The minimum absolute atomic E-state index is 0. The fourth-order valence-electron chi connectivity index (χ4n) is 5.12. The van der Waals surface area contributed by atoms with E-state index in [1.54, 1.807) is 0 Å². The topological polar surface area (TPSA) is 78.8 Å². The number of aromatic amines is 1. The van der Waals surface area contributed by atoms with Crippen LogP contribution in [-0.2, 0) is 25.9 Å². The van der Waals surface area contributed by atoms with Gasteiger partial charge < -0.3 is 14.8 Å². The molecule has 1 saturated heterocycles. The van der Waals surface area contributed by atoms with E-state index in [0.29, 0.717) is 23.7 Å². The third kappa shape index (κ3) is 3.14. The first-order chi connectivity index (χ1) is 13.2. The van der Waals surface area contributed by atoms with Crippen LogP contribution in [0.4, 0.5) is 0 Å². The number of hydrogen-bond donors (Lipinski definition) is 2. The highest BCUT2D eigenvalue weighted by Gasteiger charge is 2.58. The van der Waals surface area contributed by atoms with Crippen LogP contribution >= 0.6 is 12.4 Å². The summed E-state index contributed by atoms with van der Waals surface area (Å²) < 4.78 is 2.13. The molecule has 1 spiro atoms. The van der Waals surface area contributed by atoms with Crippen molar-refractivity contribution in [2.45, 2.75) is 64.6 Å². The second-order valence-corrected chi connectivity index (χ2v) is 8.28. The summed E-state index contributed by atoms with van der Waals surface area (Å²) in [6.07, 6.45) is 10.3. The van der Waals surface area contributed by atoms with E-state index in [9.17, 15) is 4.79 Å². The number of hydrogen-bond acceptors (Lipinski definition) is 4. The van der Waals surface area contributed by atoms with Crippen LogP contribution < -0.4 is 5.32 Å². The molecule has 2 aliphatic carbocycles. The number of carbonyl (C=O) groups excluding carboxylic acids is 1. The largest absolute Gasteiger partial charge is 0.334 e. The van der Waals surface area contributed by atoms with Gasteiger partial charge in [0, 0.05) is 36.2 Å².